The number of benzene rings is 1. The molecule has 8 nitrogen and oxygen atoms in total. The van der Waals surface area contributed by atoms with Crippen molar-refractivity contribution in [2.24, 2.45) is 0 Å². The van der Waals surface area contributed by atoms with Crippen LogP contribution in [-0.4, -0.2) is 40.1 Å². The van der Waals surface area contributed by atoms with Crippen LogP contribution in [0.5, 0.6) is 5.75 Å². The second-order valence-electron chi connectivity index (χ2n) is 6.44. The lowest BCUT2D eigenvalue weighted by molar-refractivity contribution is 0.193. The standard InChI is InChI=1S/C19H22N6O2/c1-26-16-4-2-3-15(7-16)25-11-13(10-22-25)9-21-18-8-17(23-19(20)24-18)14-5-6-27-12-14/h2-4,7-8,10-11,14H,5-6,9,12H2,1H3,(H3,20,21,23,24)/t14-/m0/s1. The van der Waals surface area contributed by atoms with Crippen LogP contribution in [0.1, 0.15) is 23.6 Å². The summed E-state index contributed by atoms with van der Waals surface area (Å²) in [5, 5.41) is 7.72. The van der Waals surface area contributed by atoms with Crippen molar-refractivity contribution in [3.63, 3.8) is 0 Å². The van der Waals surface area contributed by atoms with Gasteiger partial charge in [-0.05, 0) is 18.6 Å². The van der Waals surface area contributed by atoms with Gasteiger partial charge in [0.25, 0.3) is 0 Å². The fourth-order valence-electron chi connectivity index (χ4n) is 3.09. The van der Waals surface area contributed by atoms with Gasteiger partial charge in [0.05, 0.1) is 31.3 Å². The third kappa shape index (κ3) is 4.01. The topological polar surface area (TPSA) is 100 Å². The largest absolute Gasteiger partial charge is 0.497 e. The highest BCUT2D eigenvalue weighted by atomic mass is 16.5. The van der Waals surface area contributed by atoms with Gasteiger partial charge in [-0.1, -0.05) is 6.07 Å². The minimum Gasteiger partial charge on any atom is -0.497 e. The Bertz CT molecular complexity index is 920. The lowest BCUT2D eigenvalue weighted by Gasteiger charge is -2.11. The second-order valence-corrected chi connectivity index (χ2v) is 6.44. The lowest BCUT2D eigenvalue weighted by Crippen LogP contribution is -2.09. The summed E-state index contributed by atoms with van der Waals surface area (Å²) in [5.41, 5.74) is 8.77. The highest BCUT2D eigenvalue weighted by Crippen LogP contribution is 2.25. The predicted octanol–water partition coefficient (Wildman–Crippen LogP) is 2.37. The maximum absolute atomic E-state index is 5.87. The fraction of sp³-hybridized carbons (Fsp3) is 0.316. The molecule has 3 N–H and O–H groups in total. The molecule has 1 aliphatic rings. The number of aromatic nitrogens is 4. The predicted molar refractivity (Wildman–Crippen MR) is 102 cm³/mol. The van der Waals surface area contributed by atoms with Crippen LogP contribution in [0.4, 0.5) is 11.8 Å². The molecule has 3 heterocycles. The van der Waals surface area contributed by atoms with E-state index in [0.717, 1.165) is 35.7 Å². The number of hydrogen-bond donors (Lipinski definition) is 2. The quantitative estimate of drug-likeness (QED) is 0.691. The number of nitrogens with one attached hydrogen (secondary N) is 1. The summed E-state index contributed by atoms with van der Waals surface area (Å²) in [6, 6.07) is 9.70. The number of rotatable bonds is 6. The number of methoxy groups -OCH3 is 1. The van der Waals surface area contributed by atoms with Crippen LogP contribution in [0.15, 0.2) is 42.7 Å². The first-order valence-electron chi connectivity index (χ1n) is 8.85. The van der Waals surface area contributed by atoms with Crippen LogP contribution in [0.25, 0.3) is 5.69 Å². The number of nitrogen functional groups attached to an aromatic ring is 1. The summed E-state index contributed by atoms with van der Waals surface area (Å²) in [7, 11) is 1.65. The molecule has 27 heavy (non-hydrogen) atoms. The third-order valence-corrected chi connectivity index (χ3v) is 4.54. The van der Waals surface area contributed by atoms with Gasteiger partial charge in [-0.2, -0.15) is 10.1 Å². The van der Waals surface area contributed by atoms with Gasteiger partial charge in [0, 0.05) is 43.0 Å². The Hall–Kier alpha value is -3.13. The van der Waals surface area contributed by atoms with Crippen molar-refractivity contribution < 1.29 is 9.47 Å². The molecule has 1 saturated heterocycles. The van der Waals surface area contributed by atoms with Crippen LogP contribution >= 0.6 is 0 Å². The van der Waals surface area contributed by atoms with Crippen molar-refractivity contribution >= 4 is 11.8 Å². The van der Waals surface area contributed by atoms with Gasteiger partial charge in [-0.3, -0.25) is 0 Å². The smallest absolute Gasteiger partial charge is 0.222 e. The molecule has 8 heteroatoms. The van der Waals surface area contributed by atoms with Gasteiger partial charge in [0.2, 0.25) is 5.95 Å². The molecule has 1 atom stereocenters. The first-order chi connectivity index (χ1) is 13.2. The maximum atomic E-state index is 5.87. The summed E-state index contributed by atoms with van der Waals surface area (Å²) in [4.78, 5) is 8.63. The maximum Gasteiger partial charge on any atom is 0.222 e. The van der Waals surface area contributed by atoms with Crippen LogP contribution in [0, 0.1) is 0 Å². The van der Waals surface area contributed by atoms with E-state index in [4.69, 9.17) is 15.2 Å². The zero-order valence-electron chi connectivity index (χ0n) is 15.1. The van der Waals surface area contributed by atoms with Gasteiger partial charge in [0.1, 0.15) is 11.6 Å². The van der Waals surface area contributed by atoms with Crippen molar-refractivity contribution in [1.29, 1.82) is 0 Å². The summed E-state index contributed by atoms with van der Waals surface area (Å²) >= 11 is 0. The van der Waals surface area contributed by atoms with Gasteiger partial charge < -0.3 is 20.5 Å². The van der Waals surface area contributed by atoms with Crippen molar-refractivity contribution in [3.8, 4) is 11.4 Å². The molecule has 0 spiro atoms. The SMILES string of the molecule is COc1cccc(-n2cc(CNc3cc([C@H]4CCOC4)nc(N)n3)cn2)c1. The van der Waals surface area contributed by atoms with Crippen molar-refractivity contribution in [1.82, 2.24) is 19.7 Å². The number of ether oxygens (including phenoxy) is 2. The van der Waals surface area contributed by atoms with E-state index in [1.807, 2.05) is 47.4 Å². The molecule has 0 bridgehead atoms. The summed E-state index contributed by atoms with van der Waals surface area (Å²) in [5.74, 6) is 2.06. The first kappa shape index (κ1) is 17.3. The lowest BCUT2D eigenvalue weighted by atomic mass is 10.0. The monoisotopic (exact) mass is 366 g/mol. The molecule has 0 unspecified atom stereocenters. The van der Waals surface area contributed by atoms with E-state index in [9.17, 15) is 0 Å². The average molecular weight is 366 g/mol. The minimum absolute atomic E-state index is 0.272. The summed E-state index contributed by atoms with van der Waals surface area (Å²) in [6.07, 6.45) is 4.75. The van der Waals surface area contributed by atoms with E-state index in [2.05, 4.69) is 20.4 Å². The Morgan fingerprint density at radius 3 is 3.07 bits per heavy atom. The Morgan fingerprint density at radius 2 is 2.26 bits per heavy atom. The highest BCUT2D eigenvalue weighted by Gasteiger charge is 2.20. The van der Waals surface area contributed by atoms with Crippen molar-refractivity contribution in [3.05, 3.63) is 54.0 Å². The number of nitrogens with zero attached hydrogens (tertiary/aromatic N) is 4. The number of nitrogens with two attached hydrogens (primary N) is 1. The average Bonchev–Trinajstić information content (AvgIpc) is 3.38. The zero-order chi connectivity index (χ0) is 18.6. The first-order valence-corrected chi connectivity index (χ1v) is 8.85. The fourth-order valence-corrected chi connectivity index (χ4v) is 3.09. The number of hydrogen-bond acceptors (Lipinski definition) is 7. The Balaban J connectivity index is 1.45. The summed E-state index contributed by atoms with van der Waals surface area (Å²) in [6.45, 7) is 2.03. The van der Waals surface area contributed by atoms with Crippen molar-refractivity contribution in [2.75, 3.05) is 31.4 Å². The molecule has 0 radical (unpaired) electrons. The van der Waals surface area contributed by atoms with E-state index < -0.39 is 0 Å². The van der Waals surface area contributed by atoms with Crippen LogP contribution in [-0.2, 0) is 11.3 Å². The molecule has 2 aromatic heterocycles. The van der Waals surface area contributed by atoms with E-state index in [1.54, 1.807) is 7.11 Å². The molecule has 3 aromatic rings. The van der Waals surface area contributed by atoms with E-state index in [1.165, 1.54) is 0 Å². The van der Waals surface area contributed by atoms with Gasteiger partial charge in [0.15, 0.2) is 0 Å². The Morgan fingerprint density at radius 1 is 1.33 bits per heavy atom. The molecule has 4 rings (SSSR count). The minimum atomic E-state index is 0.272. The summed E-state index contributed by atoms with van der Waals surface area (Å²) < 4.78 is 12.5. The van der Waals surface area contributed by atoms with Crippen LogP contribution < -0.4 is 15.8 Å². The van der Waals surface area contributed by atoms with E-state index in [-0.39, 0.29) is 11.9 Å². The van der Waals surface area contributed by atoms with Crippen molar-refractivity contribution in [2.45, 2.75) is 18.9 Å². The van der Waals surface area contributed by atoms with Crippen LogP contribution in [0.3, 0.4) is 0 Å². The highest BCUT2D eigenvalue weighted by molar-refractivity contribution is 5.43. The van der Waals surface area contributed by atoms with Gasteiger partial charge >= 0.3 is 0 Å². The third-order valence-electron chi connectivity index (χ3n) is 4.54. The molecule has 0 aliphatic carbocycles. The Kier molecular flexibility index (Phi) is 4.88. The molecule has 140 valence electrons. The van der Waals surface area contributed by atoms with E-state index >= 15 is 0 Å². The normalized spacial score (nSPS) is 16.4. The van der Waals surface area contributed by atoms with Crippen LogP contribution in [0.2, 0.25) is 0 Å². The second kappa shape index (κ2) is 7.63. The molecule has 1 fully saturated rings. The zero-order valence-corrected chi connectivity index (χ0v) is 15.1. The molecule has 0 amide bonds. The number of anilines is 2. The molecular formula is C19H22N6O2. The Labute approximate surface area is 157 Å². The van der Waals surface area contributed by atoms with Gasteiger partial charge in [-0.25, -0.2) is 9.67 Å². The van der Waals surface area contributed by atoms with E-state index in [0.29, 0.717) is 19.0 Å². The van der Waals surface area contributed by atoms with Gasteiger partial charge in [-0.15, -0.1) is 0 Å². The molecular weight excluding hydrogens is 344 g/mol. The molecule has 1 aromatic carbocycles. The molecule has 1 aliphatic heterocycles. The molecule has 0 saturated carbocycles.